The summed E-state index contributed by atoms with van der Waals surface area (Å²) >= 11 is 7.87. The van der Waals surface area contributed by atoms with Gasteiger partial charge in [0.15, 0.2) is 0 Å². The Hall–Kier alpha value is -2.16. The van der Waals surface area contributed by atoms with Gasteiger partial charge in [-0.3, -0.25) is 19.3 Å². The fourth-order valence-electron chi connectivity index (χ4n) is 2.08. The first-order valence-electron chi connectivity index (χ1n) is 6.98. The van der Waals surface area contributed by atoms with Gasteiger partial charge in [0.1, 0.15) is 12.4 Å². The SMILES string of the molecule is O=C(CN1C(=O)S/C(=C/c2ccc(Cl)s2)C1=O)Nc1cccc(F)c1. The molecule has 1 aliphatic rings. The van der Waals surface area contributed by atoms with E-state index in [9.17, 15) is 18.8 Å². The zero-order valence-corrected chi connectivity index (χ0v) is 14.9. The molecule has 0 radical (unpaired) electrons. The van der Waals surface area contributed by atoms with Gasteiger partial charge in [0, 0.05) is 10.6 Å². The second-order valence-corrected chi connectivity index (χ2v) is 7.71. The smallest absolute Gasteiger partial charge is 0.294 e. The molecule has 1 saturated heterocycles. The van der Waals surface area contributed by atoms with E-state index in [0.717, 1.165) is 27.6 Å². The van der Waals surface area contributed by atoms with E-state index < -0.39 is 29.4 Å². The topological polar surface area (TPSA) is 66.5 Å². The average molecular weight is 397 g/mol. The largest absolute Gasteiger partial charge is 0.324 e. The third kappa shape index (κ3) is 4.28. The van der Waals surface area contributed by atoms with Crippen molar-refractivity contribution in [2.24, 2.45) is 0 Å². The van der Waals surface area contributed by atoms with Gasteiger partial charge >= 0.3 is 0 Å². The van der Waals surface area contributed by atoms with E-state index in [2.05, 4.69) is 5.32 Å². The molecule has 2 aromatic rings. The number of benzene rings is 1. The van der Waals surface area contributed by atoms with Crippen LogP contribution in [0.2, 0.25) is 4.34 Å². The Labute approximate surface area is 155 Å². The minimum Gasteiger partial charge on any atom is -0.324 e. The number of carbonyl (C=O) groups excluding carboxylic acids is 3. The summed E-state index contributed by atoms with van der Waals surface area (Å²) in [6, 6.07) is 8.77. The van der Waals surface area contributed by atoms with Crippen molar-refractivity contribution in [1.82, 2.24) is 4.90 Å². The molecule has 128 valence electrons. The summed E-state index contributed by atoms with van der Waals surface area (Å²) in [7, 11) is 0. The van der Waals surface area contributed by atoms with Gasteiger partial charge in [0.2, 0.25) is 5.91 Å². The third-order valence-electron chi connectivity index (χ3n) is 3.15. The molecule has 1 aromatic carbocycles. The number of thiophene rings is 1. The van der Waals surface area contributed by atoms with Crippen molar-refractivity contribution < 1.29 is 18.8 Å². The van der Waals surface area contributed by atoms with Gasteiger partial charge in [-0.2, -0.15) is 0 Å². The monoisotopic (exact) mass is 396 g/mol. The molecule has 9 heteroatoms. The summed E-state index contributed by atoms with van der Waals surface area (Å²) in [5.74, 6) is -1.64. The lowest BCUT2D eigenvalue weighted by Gasteiger charge is -2.12. The number of imide groups is 1. The second kappa shape index (κ2) is 7.38. The number of anilines is 1. The summed E-state index contributed by atoms with van der Waals surface area (Å²) in [4.78, 5) is 38.1. The summed E-state index contributed by atoms with van der Waals surface area (Å²) in [6.45, 7) is -0.441. The average Bonchev–Trinajstić information content (AvgIpc) is 3.06. The zero-order chi connectivity index (χ0) is 18.0. The first kappa shape index (κ1) is 17.7. The molecule has 0 spiro atoms. The molecule has 3 rings (SSSR count). The van der Waals surface area contributed by atoms with Gasteiger partial charge < -0.3 is 5.32 Å². The van der Waals surface area contributed by atoms with E-state index in [0.29, 0.717) is 4.34 Å². The van der Waals surface area contributed by atoms with Crippen LogP contribution < -0.4 is 5.32 Å². The highest BCUT2D eigenvalue weighted by Crippen LogP contribution is 2.34. The van der Waals surface area contributed by atoms with Crippen molar-refractivity contribution in [2.45, 2.75) is 0 Å². The van der Waals surface area contributed by atoms with Crippen molar-refractivity contribution in [3.63, 3.8) is 0 Å². The normalized spacial score (nSPS) is 15.9. The van der Waals surface area contributed by atoms with Crippen LogP contribution in [-0.2, 0) is 9.59 Å². The van der Waals surface area contributed by atoms with Gasteiger partial charge in [-0.05, 0) is 48.2 Å². The lowest BCUT2D eigenvalue weighted by molar-refractivity contribution is -0.127. The molecular formula is C16H10ClFN2O3S2. The number of hydrogen-bond acceptors (Lipinski definition) is 5. The maximum absolute atomic E-state index is 13.1. The standard InChI is InChI=1S/C16H10ClFN2O3S2/c17-13-5-4-11(24-13)7-12-15(22)20(16(23)25-12)8-14(21)19-10-3-1-2-9(18)6-10/h1-7H,8H2,(H,19,21)/b12-7+. The van der Waals surface area contributed by atoms with Gasteiger partial charge in [0.05, 0.1) is 9.24 Å². The highest BCUT2D eigenvalue weighted by Gasteiger charge is 2.36. The molecule has 0 atom stereocenters. The molecule has 1 fully saturated rings. The summed E-state index contributed by atoms with van der Waals surface area (Å²) < 4.78 is 13.7. The lowest BCUT2D eigenvalue weighted by Crippen LogP contribution is -2.36. The van der Waals surface area contributed by atoms with Crippen LogP contribution in [-0.4, -0.2) is 28.5 Å². The minimum atomic E-state index is -0.590. The van der Waals surface area contributed by atoms with E-state index in [-0.39, 0.29) is 10.6 Å². The van der Waals surface area contributed by atoms with Gasteiger partial charge in [0.25, 0.3) is 11.1 Å². The number of nitrogens with zero attached hydrogens (tertiary/aromatic N) is 1. The first-order valence-corrected chi connectivity index (χ1v) is 8.99. The second-order valence-electron chi connectivity index (χ2n) is 4.97. The van der Waals surface area contributed by atoms with Crippen LogP contribution >= 0.6 is 34.7 Å². The van der Waals surface area contributed by atoms with Crippen LogP contribution in [0.1, 0.15) is 4.88 Å². The zero-order valence-electron chi connectivity index (χ0n) is 12.5. The van der Waals surface area contributed by atoms with Crippen molar-refractivity contribution in [3.05, 3.63) is 56.3 Å². The van der Waals surface area contributed by atoms with Crippen molar-refractivity contribution >= 4 is 63.5 Å². The number of hydrogen-bond donors (Lipinski definition) is 1. The van der Waals surface area contributed by atoms with E-state index >= 15 is 0 Å². The Balaban J connectivity index is 1.68. The van der Waals surface area contributed by atoms with Crippen molar-refractivity contribution in [2.75, 3.05) is 11.9 Å². The number of rotatable bonds is 4. The first-order chi connectivity index (χ1) is 11.9. The van der Waals surface area contributed by atoms with E-state index in [4.69, 9.17) is 11.6 Å². The molecule has 1 N–H and O–H groups in total. The van der Waals surface area contributed by atoms with Gasteiger partial charge in [-0.25, -0.2) is 4.39 Å². The molecule has 25 heavy (non-hydrogen) atoms. The number of thioether (sulfide) groups is 1. The third-order valence-corrected chi connectivity index (χ3v) is 5.24. The van der Waals surface area contributed by atoms with Crippen LogP contribution in [0.5, 0.6) is 0 Å². The van der Waals surface area contributed by atoms with Crippen LogP contribution in [0.4, 0.5) is 14.9 Å². The van der Waals surface area contributed by atoms with Crippen LogP contribution in [0.25, 0.3) is 6.08 Å². The summed E-state index contributed by atoms with van der Waals surface area (Å²) in [6.07, 6.45) is 1.56. The summed E-state index contributed by atoms with van der Waals surface area (Å²) in [5.41, 5.74) is 0.251. The number of halogens is 2. The maximum Gasteiger partial charge on any atom is 0.294 e. The van der Waals surface area contributed by atoms with Crippen LogP contribution in [0.3, 0.4) is 0 Å². The van der Waals surface area contributed by atoms with Crippen molar-refractivity contribution in [1.29, 1.82) is 0 Å². The Kier molecular flexibility index (Phi) is 5.22. The van der Waals surface area contributed by atoms with E-state index in [1.54, 1.807) is 18.2 Å². The Morgan fingerprint density at radius 2 is 2.08 bits per heavy atom. The number of nitrogens with one attached hydrogen (secondary N) is 1. The fourth-order valence-corrected chi connectivity index (χ4v) is 3.99. The van der Waals surface area contributed by atoms with Crippen LogP contribution in [0, 0.1) is 5.82 Å². The molecular weight excluding hydrogens is 387 g/mol. The highest BCUT2D eigenvalue weighted by molar-refractivity contribution is 8.18. The maximum atomic E-state index is 13.1. The fraction of sp³-hybridized carbons (Fsp3) is 0.0625. The van der Waals surface area contributed by atoms with Crippen molar-refractivity contribution in [3.8, 4) is 0 Å². The Morgan fingerprint density at radius 1 is 1.28 bits per heavy atom. The minimum absolute atomic E-state index is 0.224. The van der Waals surface area contributed by atoms with Gasteiger partial charge in [-0.15, -0.1) is 11.3 Å². The molecule has 0 aliphatic carbocycles. The predicted octanol–water partition coefficient (Wildman–Crippen LogP) is 4.22. The molecule has 0 bridgehead atoms. The highest BCUT2D eigenvalue weighted by atomic mass is 35.5. The predicted molar refractivity (Wildman–Crippen MR) is 97.0 cm³/mol. The Bertz CT molecular complexity index is 897. The molecule has 2 heterocycles. The molecule has 0 unspecified atom stereocenters. The number of carbonyl (C=O) groups is 3. The van der Waals surface area contributed by atoms with E-state index in [1.807, 2.05) is 0 Å². The molecule has 5 nitrogen and oxygen atoms in total. The lowest BCUT2D eigenvalue weighted by atomic mass is 10.3. The van der Waals surface area contributed by atoms with Gasteiger partial charge in [-0.1, -0.05) is 17.7 Å². The quantitative estimate of drug-likeness (QED) is 0.786. The van der Waals surface area contributed by atoms with E-state index in [1.165, 1.54) is 29.5 Å². The number of amides is 3. The van der Waals surface area contributed by atoms with Crippen LogP contribution in [0.15, 0.2) is 41.3 Å². The molecule has 3 amide bonds. The summed E-state index contributed by atoms with van der Waals surface area (Å²) in [5, 5.41) is 1.92. The molecule has 1 aliphatic heterocycles. The molecule has 1 aromatic heterocycles. The Morgan fingerprint density at radius 3 is 2.76 bits per heavy atom. The molecule has 0 saturated carbocycles.